The molecule has 1 aliphatic heterocycles. The third-order valence-corrected chi connectivity index (χ3v) is 8.73. The number of benzene rings is 4. The Balaban J connectivity index is 0.00000520. The van der Waals surface area contributed by atoms with Crippen molar-refractivity contribution in [3.05, 3.63) is 118 Å². The highest BCUT2D eigenvalue weighted by Crippen LogP contribution is 2.36. The Morgan fingerprint density at radius 3 is 1.92 bits per heavy atom. The summed E-state index contributed by atoms with van der Waals surface area (Å²) in [6, 6.07) is 23.9. The van der Waals surface area contributed by atoms with E-state index in [1.807, 2.05) is 18.2 Å². The first-order valence-electron chi connectivity index (χ1n) is 15.8. The average molecular weight is 682 g/mol. The van der Waals surface area contributed by atoms with Gasteiger partial charge in [0.05, 0.1) is 32.5 Å². The SMILES string of the molecule is COc1cc2c(cc1OC)C(CCc1ccc(C(C)(C)C)cc1)=[N+](Cc1cccc(OC)c1OCc1ccc(C(F)(F)F)cc1)CC2.[Cl-]. The summed E-state index contributed by atoms with van der Waals surface area (Å²) in [5.41, 5.74) is 7.06. The largest absolute Gasteiger partial charge is 1.00 e. The minimum absolute atomic E-state index is 0. The molecule has 0 unspecified atom stereocenters. The van der Waals surface area contributed by atoms with E-state index in [2.05, 4.69) is 61.7 Å². The van der Waals surface area contributed by atoms with Crippen molar-refractivity contribution in [2.45, 2.75) is 64.8 Å². The van der Waals surface area contributed by atoms with Gasteiger partial charge in [-0.25, -0.2) is 4.58 Å². The van der Waals surface area contributed by atoms with Crippen molar-refractivity contribution in [2.75, 3.05) is 27.9 Å². The first-order chi connectivity index (χ1) is 22.4. The molecule has 0 aromatic heterocycles. The van der Waals surface area contributed by atoms with Crippen LogP contribution in [0.3, 0.4) is 0 Å². The van der Waals surface area contributed by atoms with Crippen LogP contribution in [0.25, 0.3) is 0 Å². The van der Waals surface area contributed by atoms with Gasteiger partial charge in [-0.05, 0) is 70.5 Å². The average Bonchev–Trinajstić information content (AvgIpc) is 3.05. The zero-order valence-electron chi connectivity index (χ0n) is 28.3. The zero-order chi connectivity index (χ0) is 33.8. The molecule has 1 aliphatic rings. The Kier molecular flexibility index (Phi) is 11.7. The van der Waals surface area contributed by atoms with Crippen LogP contribution < -0.4 is 31.4 Å². The number of halogens is 4. The van der Waals surface area contributed by atoms with E-state index >= 15 is 0 Å². The smallest absolute Gasteiger partial charge is 0.416 e. The molecule has 256 valence electrons. The number of aryl methyl sites for hydroxylation is 1. The van der Waals surface area contributed by atoms with Crippen molar-refractivity contribution < 1.29 is 49.1 Å². The number of fused-ring (bicyclic) bond motifs is 1. The van der Waals surface area contributed by atoms with E-state index in [0.717, 1.165) is 49.1 Å². The summed E-state index contributed by atoms with van der Waals surface area (Å²) in [6.07, 6.45) is -1.89. The molecule has 0 atom stereocenters. The van der Waals surface area contributed by atoms with Crippen molar-refractivity contribution in [2.24, 2.45) is 0 Å². The Hall–Kier alpha value is -4.17. The second-order valence-corrected chi connectivity index (χ2v) is 12.9. The van der Waals surface area contributed by atoms with Gasteiger partial charge in [-0.1, -0.05) is 63.2 Å². The molecule has 9 heteroatoms. The standard InChI is InChI=1S/C39H43F3NO4.ClH/c1-38(2,3)30-15-10-26(11-16-30)14-19-33-32-23-36(46-6)35(45-5)22-28(32)20-21-43(33)24-29-8-7-9-34(44-4)37(29)47-25-27-12-17-31(18-13-27)39(40,41)42;/h7-13,15-18,22-23H,14,19-21,24-25H2,1-6H3;1H/q+1;/p-1. The van der Waals surface area contributed by atoms with Crippen molar-refractivity contribution in [1.29, 1.82) is 0 Å². The van der Waals surface area contributed by atoms with Gasteiger partial charge in [0, 0.05) is 18.4 Å². The van der Waals surface area contributed by atoms with Crippen LogP contribution in [0.1, 0.15) is 66.1 Å². The third-order valence-electron chi connectivity index (χ3n) is 8.73. The molecule has 4 aromatic rings. The van der Waals surface area contributed by atoms with Crippen LogP contribution >= 0.6 is 0 Å². The van der Waals surface area contributed by atoms with Crippen molar-refractivity contribution >= 4 is 5.71 Å². The number of para-hydroxylation sites is 1. The highest BCUT2D eigenvalue weighted by molar-refractivity contribution is 5.99. The fourth-order valence-corrected chi connectivity index (χ4v) is 6.02. The van der Waals surface area contributed by atoms with Crippen molar-refractivity contribution in [1.82, 2.24) is 0 Å². The molecule has 0 radical (unpaired) electrons. The van der Waals surface area contributed by atoms with Gasteiger partial charge >= 0.3 is 6.18 Å². The monoisotopic (exact) mass is 681 g/mol. The number of rotatable bonds is 11. The number of hydrogen-bond donors (Lipinski definition) is 0. The Morgan fingerprint density at radius 1 is 0.708 bits per heavy atom. The van der Waals surface area contributed by atoms with Crippen LogP contribution in [0.2, 0.25) is 0 Å². The van der Waals surface area contributed by atoms with Crippen LogP contribution in [-0.2, 0) is 37.6 Å². The van der Waals surface area contributed by atoms with E-state index in [-0.39, 0.29) is 24.4 Å². The Morgan fingerprint density at radius 2 is 1.31 bits per heavy atom. The molecule has 0 aliphatic carbocycles. The summed E-state index contributed by atoms with van der Waals surface area (Å²) < 4.78 is 64.9. The lowest BCUT2D eigenvalue weighted by molar-refractivity contribution is -0.545. The molecule has 48 heavy (non-hydrogen) atoms. The normalized spacial score (nSPS) is 13.0. The predicted octanol–water partition coefficient (Wildman–Crippen LogP) is 5.80. The van der Waals surface area contributed by atoms with Gasteiger partial charge in [0.2, 0.25) is 0 Å². The fraction of sp³-hybridized carbons (Fsp3) is 0.359. The van der Waals surface area contributed by atoms with Gasteiger partial charge in [-0.3, -0.25) is 0 Å². The topological polar surface area (TPSA) is 39.9 Å². The highest BCUT2D eigenvalue weighted by atomic mass is 35.5. The van der Waals surface area contributed by atoms with E-state index in [9.17, 15) is 13.2 Å². The van der Waals surface area contributed by atoms with Gasteiger partial charge in [-0.15, -0.1) is 0 Å². The van der Waals surface area contributed by atoms with Gasteiger partial charge in [0.15, 0.2) is 35.3 Å². The van der Waals surface area contributed by atoms with Gasteiger partial charge < -0.3 is 31.4 Å². The maximum Gasteiger partial charge on any atom is 0.416 e. The lowest BCUT2D eigenvalue weighted by Crippen LogP contribution is -3.00. The van der Waals surface area contributed by atoms with E-state index in [0.29, 0.717) is 35.1 Å². The summed E-state index contributed by atoms with van der Waals surface area (Å²) in [5, 5.41) is 0. The second kappa shape index (κ2) is 15.4. The van der Waals surface area contributed by atoms with Crippen LogP contribution in [0.4, 0.5) is 13.2 Å². The molecule has 1 heterocycles. The molecule has 0 saturated carbocycles. The quantitative estimate of drug-likeness (QED) is 0.188. The van der Waals surface area contributed by atoms with Crippen LogP contribution in [-0.4, -0.2) is 38.2 Å². The first kappa shape index (κ1) is 36.7. The van der Waals surface area contributed by atoms with E-state index in [4.69, 9.17) is 18.9 Å². The molecular formula is C39H43ClF3NO4. The predicted molar refractivity (Wildman–Crippen MR) is 178 cm³/mol. The Labute approximate surface area is 287 Å². The number of ether oxygens (including phenoxy) is 4. The Bertz CT molecular complexity index is 1730. The maximum atomic E-state index is 13.1. The van der Waals surface area contributed by atoms with Crippen molar-refractivity contribution in [3.8, 4) is 23.0 Å². The molecule has 0 amide bonds. The number of hydrogen-bond acceptors (Lipinski definition) is 4. The summed E-state index contributed by atoms with van der Waals surface area (Å²) in [6.45, 7) is 8.11. The molecule has 5 nitrogen and oxygen atoms in total. The molecule has 0 spiro atoms. The van der Waals surface area contributed by atoms with Crippen molar-refractivity contribution in [3.63, 3.8) is 0 Å². The van der Waals surface area contributed by atoms with Gasteiger partial charge in [-0.2, -0.15) is 13.2 Å². The molecule has 0 saturated heterocycles. The van der Waals surface area contributed by atoms with E-state index in [1.54, 1.807) is 21.3 Å². The minimum Gasteiger partial charge on any atom is -1.00 e. The number of nitrogens with zero attached hydrogens (tertiary/aromatic N) is 1. The molecular weight excluding hydrogens is 639 g/mol. The van der Waals surface area contributed by atoms with Crippen LogP contribution in [0.15, 0.2) is 78.9 Å². The molecule has 0 bridgehead atoms. The molecule has 5 rings (SSSR count). The zero-order valence-corrected chi connectivity index (χ0v) is 29.1. The summed E-state index contributed by atoms with van der Waals surface area (Å²) in [4.78, 5) is 0. The first-order valence-corrected chi connectivity index (χ1v) is 15.8. The lowest BCUT2D eigenvalue weighted by Gasteiger charge is -2.22. The maximum absolute atomic E-state index is 13.1. The van der Waals surface area contributed by atoms with E-state index in [1.165, 1.54) is 34.5 Å². The fourth-order valence-electron chi connectivity index (χ4n) is 6.02. The van der Waals surface area contributed by atoms with Gasteiger partial charge in [0.1, 0.15) is 13.2 Å². The second-order valence-electron chi connectivity index (χ2n) is 12.9. The third kappa shape index (κ3) is 8.45. The van der Waals surface area contributed by atoms with Gasteiger partial charge in [0.25, 0.3) is 0 Å². The molecule has 0 N–H and O–H groups in total. The van der Waals surface area contributed by atoms with E-state index < -0.39 is 11.7 Å². The van der Waals surface area contributed by atoms with Crippen LogP contribution in [0, 0.1) is 0 Å². The lowest BCUT2D eigenvalue weighted by atomic mass is 9.86. The minimum atomic E-state index is -4.39. The summed E-state index contributed by atoms with van der Waals surface area (Å²) >= 11 is 0. The highest BCUT2D eigenvalue weighted by Gasteiger charge is 2.31. The number of alkyl halides is 3. The molecule has 4 aromatic carbocycles. The number of methoxy groups -OCH3 is 3. The summed E-state index contributed by atoms with van der Waals surface area (Å²) in [5.74, 6) is 2.54. The summed E-state index contributed by atoms with van der Waals surface area (Å²) in [7, 11) is 4.89. The van der Waals surface area contributed by atoms with Crippen LogP contribution in [0.5, 0.6) is 23.0 Å². The molecule has 0 fully saturated rings.